The topological polar surface area (TPSA) is 43.6 Å². The fourth-order valence-electron chi connectivity index (χ4n) is 8.00. The average Bonchev–Trinajstić information content (AvgIpc) is 3.87. The van der Waals surface area contributed by atoms with Crippen molar-refractivity contribution in [2.24, 2.45) is 0 Å². The molecule has 10 aromatic rings. The molecule has 0 spiro atoms. The van der Waals surface area contributed by atoms with Crippen LogP contribution in [0.2, 0.25) is 17.3 Å². The summed E-state index contributed by atoms with van der Waals surface area (Å²) in [6, 6.07) is 55.3. The van der Waals surface area contributed by atoms with Crippen LogP contribution in [0.15, 0.2) is 152 Å². The minimum atomic E-state index is -2.44. The standard InChI is InChI=1S/C35H28N3S.C21H21FGeN.Ir/c1-22-14-19-27-32-28(23-10-6-5-7-11-23)20-24(21-31(32)39-34(27)36-22)33-37-29-12-8-9-13-30(29)38(33)26-17-15-25(16-18-26)35(2,3)4;1-15-12-21(24-14-20(15)23(2,3)4)18-11-10-17(13-19(18)22)16-8-6-5-7-9-16;/h5-20H,1-4H3;5-10,12-14H,1-4H3;/q2*-1;/i;1D3;. The predicted octanol–water partition coefficient (Wildman–Crippen LogP) is 14.7. The second kappa shape index (κ2) is 18.1. The zero-order valence-corrected chi connectivity index (χ0v) is 42.2. The van der Waals surface area contributed by atoms with Crippen LogP contribution in [0.25, 0.3) is 81.9 Å². The van der Waals surface area contributed by atoms with Gasteiger partial charge in [-0.3, -0.25) is 4.98 Å². The maximum absolute atomic E-state index is 14.8. The number of imidazole rings is 1. The van der Waals surface area contributed by atoms with E-state index in [1.807, 2.05) is 37.3 Å². The van der Waals surface area contributed by atoms with E-state index < -0.39 is 25.9 Å². The van der Waals surface area contributed by atoms with E-state index in [0.29, 0.717) is 11.3 Å². The Morgan fingerprint density at radius 1 is 0.766 bits per heavy atom. The van der Waals surface area contributed by atoms with Gasteiger partial charge in [0.05, 0.1) is 16.9 Å². The minimum absolute atomic E-state index is 0. The summed E-state index contributed by atoms with van der Waals surface area (Å²) in [5.41, 5.74) is 11.3. The molecule has 1 radical (unpaired) electrons. The fourth-order valence-corrected chi connectivity index (χ4v) is 11.9. The van der Waals surface area contributed by atoms with Crippen LogP contribution < -0.4 is 4.40 Å². The number of rotatable bonds is 6. The van der Waals surface area contributed by atoms with E-state index in [9.17, 15) is 4.39 Å². The first kappa shape index (κ1) is 41.2. The molecule has 0 aliphatic rings. The third kappa shape index (κ3) is 9.05. The predicted molar refractivity (Wildman–Crippen MR) is 267 cm³/mol. The van der Waals surface area contributed by atoms with E-state index in [1.54, 1.807) is 23.6 Å². The van der Waals surface area contributed by atoms with Crippen molar-refractivity contribution < 1.29 is 28.6 Å². The number of fused-ring (bicyclic) bond motifs is 4. The van der Waals surface area contributed by atoms with Crippen molar-refractivity contribution in [2.75, 3.05) is 0 Å². The van der Waals surface area contributed by atoms with E-state index in [-0.39, 0.29) is 36.6 Å². The molecule has 4 nitrogen and oxygen atoms in total. The Morgan fingerprint density at radius 3 is 2.12 bits per heavy atom. The Labute approximate surface area is 400 Å². The van der Waals surface area contributed by atoms with Gasteiger partial charge in [0.1, 0.15) is 4.83 Å². The van der Waals surface area contributed by atoms with Gasteiger partial charge in [0, 0.05) is 31.5 Å². The number of halogens is 1. The molecule has 0 amide bonds. The number of hydrogen-bond donors (Lipinski definition) is 0. The largest absolute Gasteiger partial charge is 0 e. The summed E-state index contributed by atoms with van der Waals surface area (Å²) >= 11 is -0.735. The van der Waals surface area contributed by atoms with Gasteiger partial charge < -0.3 is 4.57 Å². The van der Waals surface area contributed by atoms with E-state index in [4.69, 9.17) is 14.1 Å². The molecule has 0 aliphatic heterocycles. The monoisotopic (exact) mass is 1100 g/mol. The summed E-state index contributed by atoms with van der Waals surface area (Å²) in [5, 5.41) is 2.38. The molecular formula is C56H49FGeIrN4S-2. The summed E-state index contributed by atoms with van der Waals surface area (Å²) in [6.07, 6.45) is 1.62. The molecule has 0 saturated heterocycles. The number of aryl methyl sites for hydroxylation is 2. The van der Waals surface area contributed by atoms with Gasteiger partial charge in [-0.1, -0.05) is 92.4 Å². The molecule has 0 bridgehead atoms. The number of thiophene rings is 1. The number of benzene rings is 6. The van der Waals surface area contributed by atoms with E-state index in [2.05, 4.69) is 157 Å². The molecule has 0 aliphatic carbocycles. The number of nitrogens with zero attached hydrogens (tertiary/aromatic N) is 4. The molecule has 0 N–H and O–H groups in total. The van der Waals surface area contributed by atoms with Crippen LogP contribution in [0.5, 0.6) is 0 Å². The first-order chi connectivity index (χ1) is 31.4. The van der Waals surface area contributed by atoms with Crippen molar-refractivity contribution in [3.63, 3.8) is 0 Å². The van der Waals surface area contributed by atoms with Crippen LogP contribution in [0, 0.1) is 31.7 Å². The Kier molecular flexibility index (Phi) is 11.7. The van der Waals surface area contributed by atoms with Gasteiger partial charge in [-0.15, -0.1) is 29.0 Å². The molecule has 10 rings (SSSR count). The molecule has 0 saturated carbocycles. The molecule has 0 atom stereocenters. The Morgan fingerprint density at radius 2 is 1.45 bits per heavy atom. The van der Waals surface area contributed by atoms with Gasteiger partial charge in [-0.25, -0.2) is 4.98 Å². The second-order valence-electron chi connectivity index (χ2n) is 18.0. The van der Waals surface area contributed by atoms with Crippen LogP contribution in [-0.4, -0.2) is 32.8 Å². The smallest absolute Gasteiger partial charge is 0 e. The quantitative estimate of drug-likeness (QED) is 0.123. The molecule has 64 heavy (non-hydrogen) atoms. The SMILES string of the molecule is Cc1ccc2c(n1)sc1[c-]c(-c3nc4ccccc4n3-c3ccc(C(C)(C)C)cc3)cc(-c3ccccc3)c12.[2H]C([2H])([2H])c1cc(-c2[c-]cc(-c3ccccc3)cc2F)nc[c]1[Ge]([CH3])([CH3])[CH3].[Ir]. The summed E-state index contributed by atoms with van der Waals surface area (Å²) in [4.78, 5) is 15.4. The van der Waals surface area contributed by atoms with Gasteiger partial charge in [0.25, 0.3) is 0 Å². The summed E-state index contributed by atoms with van der Waals surface area (Å²) in [7, 11) is 0. The third-order valence-electron chi connectivity index (χ3n) is 11.3. The third-order valence-corrected chi connectivity index (χ3v) is 16.6. The van der Waals surface area contributed by atoms with Crippen molar-refractivity contribution in [1.29, 1.82) is 0 Å². The van der Waals surface area contributed by atoms with E-state index >= 15 is 0 Å². The summed E-state index contributed by atoms with van der Waals surface area (Å²) < 4.78 is 42.6. The number of aromatic nitrogens is 4. The molecule has 0 fully saturated rings. The van der Waals surface area contributed by atoms with Gasteiger partial charge in [0.15, 0.2) is 0 Å². The fraction of sp³-hybridized carbons (Fsp3) is 0.161. The first-order valence-corrected chi connectivity index (χ1v) is 29.3. The van der Waals surface area contributed by atoms with Crippen molar-refractivity contribution in [2.45, 2.75) is 57.2 Å². The minimum Gasteiger partial charge on any atom is 0 e. The van der Waals surface area contributed by atoms with Crippen molar-refractivity contribution in [3.05, 3.63) is 187 Å². The Bertz CT molecular complexity index is 3390. The first-order valence-electron chi connectivity index (χ1n) is 22.6. The molecule has 321 valence electrons. The van der Waals surface area contributed by atoms with Crippen LogP contribution >= 0.6 is 11.3 Å². The van der Waals surface area contributed by atoms with Crippen molar-refractivity contribution >= 4 is 60.3 Å². The van der Waals surface area contributed by atoms with Crippen LogP contribution in [0.4, 0.5) is 4.39 Å². The summed E-state index contributed by atoms with van der Waals surface area (Å²) in [6.45, 7) is 6.53. The van der Waals surface area contributed by atoms with Crippen LogP contribution in [-0.2, 0) is 25.5 Å². The molecule has 0 unspecified atom stereocenters. The molecule has 8 heteroatoms. The van der Waals surface area contributed by atoms with Gasteiger partial charge in [-0.2, -0.15) is 0 Å². The van der Waals surface area contributed by atoms with Crippen LogP contribution in [0.3, 0.4) is 0 Å². The van der Waals surface area contributed by atoms with Crippen molar-refractivity contribution in [1.82, 2.24) is 19.5 Å². The van der Waals surface area contributed by atoms with Gasteiger partial charge >= 0.3 is 150 Å². The Balaban J connectivity index is 0.000000192. The molecule has 4 aromatic heterocycles. The van der Waals surface area contributed by atoms with Crippen LogP contribution in [0.1, 0.15) is 41.7 Å². The zero-order valence-electron chi connectivity index (χ0n) is 39.8. The average molecular weight is 1100 g/mol. The molecule has 4 heterocycles. The zero-order chi connectivity index (χ0) is 46.5. The maximum atomic E-state index is 14.8. The second-order valence-corrected chi connectivity index (χ2v) is 29.5. The molecular weight excluding hydrogens is 1040 g/mol. The Hall–Kier alpha value is -5.57. The normalized spacial score (nSPS) is 12.6. The van der Waals surface area contributed by atoms with E-state index in [1.165, 1.54) is 39.6 Å². The van der Waals surface area contributed by atoms with Gasteiger partial charge in [-0.05, 0) is 63.9 Å². The number of pyridine rings is 2. The number of para-hydroxylation sites is 2. The van der Waals surface area contributed by atoms with Gasteiger partial charge in [0.2, 0.25) is 0 Å². The summed E-state index contributed by atoms with van der Waals surface area (Å²) in [5.74, 6) is 6.78. The van der Waals surface area contributed by atoms with E-state index in [0.717, 1.165) is 53.3 Å². The maximum Gasteiger partial charge on any atom is 0 e. The van der Waals surface area contributed by atoms with Crippen molar-refractivity contribution in [3.8, 4) is 50.6 Å². The number of hydrogen-bond acceptors (Lipinski definition) is 4. The molecule has 6 aromatic carbocycles.